The van der Waals surface area contributed by atoms with Crippen LogP contribution in [0.3, 0.4) is 0 Å². The van der Waals surface area contributed by atoms with Crippen molar-refractivity contribution in [3.05, 3.63) is 58.1 Å². The molecule has 5 nitrogen and oxygen atoms in total. The van der Waals surface area contributed by atoms with Crippen molar-refractivity contribution in [2.45, 2.75) is 19.9 Å². The van der Waals surface area contributed by atoms with E-state index >= 15 is 0 Å². The molecular formula is C17H18Cl2N2O3S. The van der Waals surface area contributed by atoms with Gasteiger partial charge in [0.2, 0.25) is 15.9 Å². The summed E-state index contributed by atoms with van der Waals surface area (Å²) in [5.41, 5.74) is 1.72. The lowest BCUT2D eigenvalue weighted by Crippen LogP contribution is -2.45. The van der Waals surface area contributed by atoms with E-state index in [1.165, 1.54) is 6.92 Å². The molecule has 0 fully saturated rings. The lowest BCUT2D eigenvalue weighted by molar-refractivity contribution is -0.116. The summed E-state index contributed by atoms with van der Waals surface area (Å²) in [6, 6.07) is 10.7. The van der Waals surface area contributed by atoms with Gasteiger partial charge >= 0.3 is 0 Å². The Morgan fingerprint density at radius 3 is 2.28 bits per heavy atom. The number of hydrogen-bond acceptors (Lipinski definition) is 3. The molecule has 1 amide bonds. The van der Waals surface area contributed by atoms with Gasteiger partial charge in [0.25, 0.3) is 0 Å². The van der Waals surface area contributed by atoms with Crippen molar-refractivity contribution in [3.8, 4) is 0 Å². The molecular weight excluding hydrogens is 383 g/mol. The molecule has 1 N–H and O–H groups in total. The minimum absolute atomic E-state index is 0.200. The van der Waals surface area contributed by atoms with Crippen LogP contribution in [-0.2, 0) is 14.8 Å². The zero-order valence-electron chi connectivity index (χ0n) is 14.0. The molecule has 25 heavy (non-hydrogen) atoms. The van der Waals surface area contributed by atoms with E-state index in [4.69, 9.17) is 23.2 Å². The number of halogens is 2. The zero-order chi connectivity index (χ0) is 18.8. The molecule has 0 aliphatic heterocycles. The maximum atomic E-state index is 12.6. The normalized spacial score (nSPS) is 12.5. The number of amides is 1. The number of rotatable bonds is 5. The van der Waals surface area contributed by atoms with Gasteiger partial charge in [0.15, 0.2) is 0 Å². The maximum absolute atomic E-state index is 12.6. The van der Waals surface area contributed by atoms with Gasteiger partial charge in [-0.25, -0.2) is 8.42 Å². The minimum atomic E-state index is -3.67. The Labute approximate surface area is 157 Å². The zero-order valence-corrected chi connectivity index (χ0v) is 16.3. The third-order valence-corrected chi connectivity index (χ3v) is 5.65. The van der Waals surface area contributed by atoms with E-state index in [1.807, 2.05) is 6.92 Å². The second-order valence-electron chi connectivity index (χ2n) is 5.66. The molecule has 0 saturated heterocycles. The third kappa shape index (κ3) is 4.66. The second-order valence-corrected chi connectivity index (χ2v) is 8.31. The quantitative estimate of drug-likeness (QED) is 0.821. The number of sulfonamides is 1. The summed E-state index contributed by atoms with van der Waals surface area (Å²) in [4.78, 5) is 12.6. The van der Waals surface area contributed by atoms with Crippen LogP contribution in [-0.4, -0.2) is 26.6 Å². The molecule has 1 atom stereocenters. The summed E-state index contributed by atoms with van der Waals surface area (Å²) >= 11 is 12.0. The summed E-state index contributed by atoms with van der Waals surface area (Å²) in [6.45, 7) is 3.40. The average Bonchev–Trinajstić information content (AvgIpc) is 2.52. The smallest absolute Gasteiger partial charge is 0.248 e. The van der Waals surface area contributed by atoms with Gasteiger partial charge in [-0.05, 0) is 38.1 Å². The number of nitrogens with one attached hydrogen (secondary N) is 1. The van der Waals surface area contributed by atoms with Crippen LogP contribution in [0, 0.1) is 6.92 Å². The predicted octanol–water partition coefficient (Wildman–Crippen LogP) is 4.10. The van der Waals surface area contributed by atoms with Crippen molar-refractivity contribution in [3.63, 3.8) is 0 Å². The fourth-order valence-corrected chi connectivity index (χ4v) is 3.86. The Kier molecular flexibility index (Phi) is 5.98. The first-order valence-corrected chi connectivity index (χ1v) is 10.0. The molecule has 0 saturated carbocycles. The number of benzene rings is 2. The molecule has 1 unspecified atom stereocenters. The molecule has 8 heteroatoms. The Morgan fingerprint density at radius 1 is 1.12 bits per heavy atom. The highest BCUT2D eigenvalue weighted by atomic mass is 35.5. The third-order valence-electron chi connectivity index (χ3n) is 3.59. The van der Waals surface area contributed by atoms with Gasteiger partial charge in [0, 0.05) is 0 Å². The van der Waals surface area contributed by atoms with Crippen LogP contribution in [0.25, 0.3) is 0 Å². The van der Waals surface area contributed by atoms with E-state index in [0.717, 1.165) is 16.1 Å². The monoisotopic (exact) mass is 400 g/mol. The summed E-state index contributed by atoms with van der Waals surface area (Å²) in [7, 11) is -3.67. The van der Waals surface area contributed by atoms with E-state index in [2.05, 4.69) is 5.32 Å². The van der Waals surface area contributed by atoms with Gasteiger partial charge in [-0.1, -0.05) is 47.0 Å². The van der Waals surface area contributed by atoms with Gasteiger partial charge in [-0.3, -0.25) is 9.10 Å². The fourth-order valence-electron chi connectivity index (χ4n) is 2.34. The molecule has 0 heterocycles. The predicted molar refractivity (Wildman–Crippen MR) is 103 cm³/mol. The number of carbonyl (C=O) groups is 1. The van der Waals surface area contributed by atoms with Gasteiger partial charge in [0.05, 0.1) is 27.7 Å². The van der Waals surface area contributed by atoms with Gasteiger partial charge in [0.1, 0.15) is 6.04 Å². The lowest BCUT2D eigenvalue weighted by atomic mass is 10.2. The largest absolute Gasteiger partial charge is 0.323 e. The van der Waals surface area contributed by atoms with Crippen LogP contribution in [0.1, 0.15) is 12.5 Å². The SMILES string of the molecule is Cc1ccc(N(C(C)C(=O)Nc2cccc(Cl)c2Cl)S(C)(=O)=O)cc1. The standard InChI is InChI=1S/C17H18Cl2N2O3S/c1-11-7-9-13(10-8-11)21(25(3,23)24)12(2)17(22)20-15-6-4-5-14(18)16(15)19/h4-10,12H,1-3H3,(H,20,22). The lowest BCUT2D eigenvalue weighted by Gasteiger charge is -2.28. The van der Waals surface area contributed by atoms with Crippen molar-refractivity contribution in [2.75, 3.05) is 15.9 Å². The molecule has 0 aromatic heterocycles. The van der Waals surface area contributed by atoms with Crippen molar-refractivity contribution < 1.29 is 13.2 Å². The minimum Gasteiger partial charge on any atom is -0.323 e. The fraction of sp³-hybridized carbons (Fsp3) is 0.235. The highest BCUT2D eigenvalue weighted by molar-refractivity contribution is 7.92. The highest BCUT2D eigenvalue weighted by Crippen LogP contribution is 2.30. The number of carbonyl (C=O) groups excluding carboxylic acids is 1. The van der Waals surface area contributed by atoms with Crippen molar-refractivity contribution >= 4 is 50.5 Å². The molecule has 134 valence electrons. The molecule has 2 aromatic rings. The average molecular weight is 401 g/mol. The van der Waals surface area contributed by atoms with E-state index < -0.39 is 22.0 Å². The topological polar surface area (TPSA) is 66.5 Å². The van der Waals surface area contributed by atoms with Crippen molar-refractivity contribution in [1.82, 2.24) is 0 Å². The van der Waals surface area contributed by atoms with Crippen molar-refractivity contribution in [1.29, 1.82) is 0 Å². The van der Waals surface area contributed by atoms with Gasteiger partial charge < -0.3 is 5.32 Å². The molecule has 0 aliphatic rings. The molecule has 2 rings (SSSR count). The van der Waals surface area contributed by atoms with Crippen molar-refractivity contribution in [2.24, 2.45) is 0 Å². The molecule has 0 spiro atoms. The first-order valence-electron chi connectivity index (χ1n) is 7.42. The van der Waals surface area contributed by atoms with Crippen LogP contribution in [0.15, 0.2) is 42.5 Å². The first kappa shape index (κ1) is 19.6. The highest BCUT2D eigenvalue weighted by Gasteiger charge is 2.29. The summed E-state index contributed by atoms with van der Waals surface area (Å²) in [6.07, 6.45) is 1.06. The molecule has 2 aromatic carbocycles. The summed E-state index contributed by atoms with van der Waals surface area (Å²) in [5, 5.41) is 3.12. The first-order chi connectivity index (χ1) is 11.6. The Morgan fingerprint density at radius 2 is 1.72 bits per heavy atom. The number of nitrogens with zero attached hydrogens (tertiary/aromatic N) is 1. The molecule has 0 aliphatic carbocycles. The summed E-state index contributed by atoms with van der Waals surface area (Å²) in [5.74, 6) is -0.518. The van der Waals surface area contributed by atoms with Crippen LogP contribution >= 0.6 is 23.2 Å². The van der Waals surface area contributed by atoms with Gasteiger partial charge in [-0.2, -0.15) is 0 Å². The van der Waals surface area contributed by atoms with Crippen LogP contribution in [0.5, 0.6) is 0 Å². The second kappa shape index (κ2) is 7.64. The maximum Gasteiger partial charge on any atom is 0.248 e. The van der Waals surface area contributed by atoms with E-state index in [1.54, 1.807) is 42.5 Å². The number of anilines is 2. The van der Waals surface area contributed by atoms with Gasteiger partial charge in [-0.15, -0.1) is 0 Å². The van der Waals surface area contributed by atoms with Crippen LogP contribution in [0.4, 0.5) is 11.4 Å². The van der Waals surface area contributed by atoms with E-state index in [-0.39, 0.29) is 5.02 Å². The number of aryl methyl sites for hydroxylation is 1. The Hall–Kier alpha value is -1.76. The Balaban J connectivity index is 2.33. The Bertz CT molecular complexity index is 883. The van der Waals surface area contributed by atoms with Crippen LogP contribution in [0.2, 0.25) is 10.0 Å². The van der Waals surface area contributed by atoms with E-state index in [0.29, 0.717) is 16.4 Å². The summed E-state index contributed by atoms with van der Waals surface area (Å²) < 4.78 is 25.5. The van der Waals surface area contributed by atoms with E-state index in [9.17, 15) is 13.2 Å². The van der Waals surface area contributed by atoms with Crippen LogP contribution < -0.4 is 9.62 Å². The molecule has 0 radical (unpaired) electrons. The number of hydrogen-bond donors (Lipinski definition) is 1. The molecule has 0 bridgehead atoms.